The Hall–Kier alpha value is -3.12. The van der Waals surface area contributed by atoms with E-state index in [9.17, 15) is 9.59 Å². The van der Waals surface area contributed by atoms with Crippen LogP contribution in [0.25, 0.3) is 5.69 Å². The van der Waals surface area contributed by atoms with Crippen molar-refractivity contribution in [3.8, 4) is 5.69 Å². The molecule has 6 nitrogen and oxygen atoms in total. The van der Waals surface area contributed by atoms with E-state index in [1.54, 1.807) is 23.9 Å². The number of aryl methyl sites for hydroxylation is 1. The lowest BCUT2D eigenvalue weighted by atomic mass is 9.92. The van der Waals surface area contributed by atoms with Crippen LogP contribution in [-0.2, 0) is 15.0 Å². The molecule has 0 spiro atoms. The molecule has 168 valence electrons. The molecule has 3 rings (SSSR count). The molecule has 0 aliphatic carbocycles. The van der Waals surface area contributed by atoms with E-state index in [-0.39, 0.29) is 23.8 Å². The van der Waals surface area contributed by atoms with Gasteiger partial charge in [-0.3, -0.25) is 9.59 Å². The predicted molar refractivity (Wildman–Crippen MR) is 128 cm³/mol. The molecule has 1 aromatic heterocycles. The van der Waals surface area contributed by atoms with Crippen molar-refractivity contribution < 1.29 is 9.59 Å². The zero-order valence-electron chi connectivity index (χ0n) is 19.1. The Bertz CT molecular complexity index is 1090. The fraction of sp³-hybridized carbons (Fsp3) is 0.320. The molecule has 0 fully saturated rings. The van der Waals surface area contributed by atoms with Gasteiger partial charge in [-0.2, -0.15) is 5.10 Å². The highest BCUT2D eigenvalue weighted by Crippen LogP contribution is 2.27. The number of halogens is 1. The van der Waals surface area contributed by atoms with Crippen molar-refractivity contribution in [1.29, 1.82) is 0 Å². The van der Waals surface area contributed by atoms with E-state index in [0.29, 0.717) is 11.4 Å². The second-order valence-electron chi connectivity index (χ2n) is 8.93. The molecule has 7 heteroatoms. The summed E-state index contributed by atoms with van der Waals surface area (Å²) in [4.78, 5) is 26.8. The summed E-state index contributed by atoms with van der Waals surface area (Å²) in [5.41, 5.74) is 3.33. The average molecular weight is 453 g/mol. The molecule has 32 heavy (non-hydrogen) atoms. The standard InChI is InChI=1S/C25H29ClN4O2/c1-17-11-13-19(14-12-17)30-21(15-20(28-30)25(2,3)4)27-22(31)16-29(5)24(32)23(26)18-9-7-6-8-10-18/h6-15,23H,16H2,1-5H3,(H,27,31). The SMILES string of the molecule is Cc1ccc(-n2nc(C(C)(C)C)cc2NC(=O)CN(C)C(=O)C(Cl)c2ccccc2)cc1. The fourth-order valence-electron chi connectivity index (χ4n) is 3.15. The first-order valence-electron chi connectivity index (χ1n) is 10.5. The van der Waals surface area contributed by atoms with E-state index in [1.165, 1.54) is 4.90 Å². The highest BCUT2D eigenvalue weighted by molar-refractivity contribution is 6.30. The Morgan fingerprint density at radius 1 is 1.09 bits per heavy atom. The number of rotatable bonds is 6. The summed E-state index contributed by atoms with van der Waals surface area (Å²) in [6.07, 6.45) is 0. The molecule has 0 bridgehead atoms. The molecule has 2 amide bonds. The molecule has 1 unspecified atom stereocenters. The lowest BCUT2D eigenvalue weighted by Gasteiger charge is -2.20. The molecule has 0 saturated heterocycles. The number of benzene rings is 2. The second-order valence-corrected chi connectivity index (χ2v) is 9.36. The summed E-state index contributed by atoms with van der Waals surface area (Å²) in [5, 5.41) is 6.77. The number of hydrogen-bond donors (Lipinski definition) is 1. The molecule has 1 N–H and O–H groups in total. The van der Waals surface area contributed by atoms with E-state index in [2.05, 4.69) is 26.1 Å². The van der Waals surface area contributed by atoms with Crippen LogP contribution in [0.3, 0.4) is 0 Å². The number of nitrogens with zero attached hydrogens (tertiary/aromatic N) is 3. The van der Waals surface area contributed by atoms with Crippen LogP contribution in [-0.4, -0.2) is 40.1 Å². The van der Waals surface area contributed by atoms with Crippen molar-refractivity contribution >= 4 is 29.2 Å². The van der Waals surface area contributed by atoms with E-state index in [0.717, 1.165) is 16.9 Å². The molecule has 0 aliphatic rings. The van der Waals surface area contributed by atoms with Crippen LogP contribution >= 0.6 is 11.6 Å². The van der Waals surface area contributed by atoms with Crippen LogP contribution in [0.2, 0.25) is 0 Å². The summed E-state index contributed by atoms with van der Waals surface area (Å²) in [6.45, 7) is 8.09. The highest BCUT2D eigenvalue weighted by atomic mass is 35.5. The maximum Gasteiger partial charge on any atom is 0.245 e. The number of aromatic nitrogens is 2. The first kappa shape index (κ1) is 23.5. The largest absolute Gasteiger partial charge is 0.335 e. The Balaban J connectivity index is 1.77. The predicted octanol–water partition coefficient (Wildman–Crippen LogP) is 4.86. The summed E-state index contributed by atoms with van der Waals surface area (Å²) in [6, 6.07) is 18.9. The Kier molecular flexibility index (Phi) is 7.04. The molecule has 0 saturated carbocycles. The zero-order chi connectivity index (χ0) is 23.5. The van der Waals surface area contributed by atoms with Crippen molar-refractivity contribution in [2.75, 3.05) is 18.9 Å². The van der Waals surface area contributed by atoms with E-state index < -0.39 is 5.38 Å². The first-order valence-corrected chi connectivity index (χ1v) is 10.9. The third kappa shape index (κ3) is 5.56. The van der Waals surface area contributed by atoms with Crippen molar-refractivity contribution in [3.63, 3.8) is 0 Å². The minimum atomic E-state index is -0.848. The van der Waals surface area contributed by atoms with Gasteiger partial charge in [-0.25, -0.2) is 4.68 Å². The normalized spacial score (nSPS) is 12.3. The minimum Gasteiger partial charge on any atom is -0.335 e. The van der Waals surface area contributed by atoms with E-state index in [1.807, 2.05) is 55.5 Å². The highest BCUT2D eigenvalue weighted by Gasteiger charge is 2.25. The van der Waals surface area contributed by atoms with Gasteiger partial charge in [0.05, 0.1) is 17.9 Å². The monoisotopic (exact) mass is 452 g/mol. The van der Waals surface area contributed by atoms with Gasteiger partial charge in [-0.1, -0.05) is 68.8 Å². The van der Waals surface area contributed by atoms with Gasteiger partial charge >= 0.3 is 0 Å². The van der Waals surface area contributed by atoms with Gasteiger partial charge in [-0.15, -0.1) is 11.6 Å². The summed E-state index contributed by atoms with van der Waals surface area (Å²) in [5.74, 6) is -0.114. The molecule has 1 atom stereocenters. The maximum absolute atomic E-state index is 12.8. The fourth-order valence-corrected chi connectivity index (χ4v) is 3.47. The molecule has 0 radical (unpaired) electrons. The van der Waals surface area contributed by atoms with Crippen molar-refractivity contribution in [1.82, 2.24) is 14.7 Å². The first-order chi connectivity index (χ1) is 15.1. The lowest BCUT2D eigenvalue weighted by molar-refractivity contribution is -0.133. The zero-order valence-corrected chi connectivity index (χ0v) is 19.8. The van der Waals surface area contributed by atoms with E-state index >= 15 is 0 Å². The molecule has 3 aromatic rings. The van der Waals surface area contributed by atoms with Crippen molar-refractivity contribution in [3.05, 3.63) is 77.5 Å². The summed E-state index contributed by atoms with van der Waals surface area (Å²) < 4.78 is 1.72. The molecule has 2 aromatic carbocycles. The maximum atomic E-state index is 12.8. The third-order valence-electron chi connectivity index (χ3n) is 5.09. The van der Waals surface area contributed by atoms with Gasteiger partial charge in [0, 0.05) is 18.5 Å². The van der Waals surface area contributed by atoms with Gasteiger partial charge in [0.1, 0.15) is 11.2 Å². The number of carbonyl (C=O) groups excluding carboxylic acids is 2. The molecular weight excluding hydrogens is 424 g/mol. The van der Waals surface area contributed by atoms with Crippen LogP contribution in [0.4, 0.5) is 5.82 Å². The Morgan fingerprint density at radius 2 is 1.72 bits per heavy atom. The number of carbonyl (C=O) groups is 2. The van der Waals surface area contributed by atoms with Gasteiger partial charge < -0.3 is 10.2 Å². The number of anilines is 1. The number of amides is 2. The Labute approximate surface area is 194 Å². The van der Waals surface area contributed by atoms with E-state index in [4.69, 9.17) is 16.7 Å². The van der Waals surface area contributed by atoms with Gasteiger partial charge in [-0.05, 0) is 24.6 Å². The molecule has 1 heterocycles. The number of alkyl halides is 1. The Morgan fingerprint density at radius 3 is 2.31 bits per heavy atom. The van der Waals surface area contributed by atoms with Gasteiger partial charge in [0.25, 0.3) is 0 Å². The average Bonchev–Trinajstić information content (AvgIpc) is 3.18. The smallest absolute Gasteiger partial charge is 0.245 e. The number of nitrogens with one attached hydrogen (secondary N) is 1. The molecule has 0 aliphatic heterocycles. The second kappa shape index (κ2) is 9.57. The minimum absolute atomic E-state index is 0.126. The van der Waals surface area contributed by atoms with Crippen LogP contribution in [0.5, 0.6) is 0 Å². The van der Waals surface area contributed by atoms with Crippen LogP contribution in [0.1, 0.15) is 43.0 Å². The summed E-state index contributed by atoms with van der Waals surface area (Å²) >= 11 is 6.33. The van der Waals surface area contributed by atoms with Crippen molar-refractivity contribution in [2.45, 2.75) is 38.5 Å². The topological polar surface area (TPSA) is 67.2 Å². The van der Waals surface area contributed by atoms with Crippen LogP contribution in [0.15, 0.2) is 60.7 Å². The van der Waals surface area contributed by atoms with Gasteiger partial charge in [0.15, 0.2) is 0 Å². The number of hydrogen-bond acceptors (Lipinski definition) is 3. The third-order valence-corrected chi connectivity index (χ3v) is 5.53. The summed E-state index contributed by atoms with van der Waals surface area (Å²) in [7, 11) is 1.57. The van der Waals surface area contributed by atoms with Crippen molar-refractivity contribution in [2.24, 2.45) is 0 Å². The number of likely N-dealkylation sites (N-methyl/N-ethyl adjacent to an activating group) is 1. The molecular formula is C25H29ClN4O2. The van der Waals surface area contributed by atoms with Crippen LogP contribution < -0.4 is 5.32 Å². The van der Waals surface area contributed by atoms with Gasteiger partial charge in [0.2, 0.25) is 11.8 Å². The van der Waals surface area contributed by atoms with Crippen LogP contribution in [0, 0.1) is 6.92 Å². The quantitative estimate of drug-likeness (QED) is 0.543. The lowest BCUT2D eigenvalue weighted by Crippen LogP contribution is -2.37.